The van der Waals surface area contributed by atoms with Crippen LogP contribution in [0, 0.1) is 40.4 Å². The summed E-state index contributed by atoms with van der Waals surface area (Å²) in [6.07, 6.45) is -10.9. The van der Waals surface area contributed by atoms with Crippen molar-refractivity contribution in [1.29, 1.82) is 0 Å². The molecule has 0 aromatic carbocycles. The van der Waals surface area contributed by atoms with Crippen LogP contribution in [0.15, 0.2) is 23.8 Å². The number of aliphatic hydroxyl groups is 11. The molecule has 7 fully saturated rings. The van der Waals surface area contributed by atoms with Gasteiger partial charge < -0.3 is 89.3 Å². The standard InChI is InChI=1S/C44H70O18/c1-19(17-56-39-36(53)33(50)32(49)28(15-45)59-39)7-12-44(55)20(2)30-27(62-44)14-25-23-6-5-21-13-22(8-10-42(21,3)24(23)9-11-43(25,30)4)58-41-37(54)34(51)38(29(16-46)60-41)61-40-35(52)31(48)26(47)18-57-40/h5,20,22-41,45-55H,1,6-18H2,2-4H3/t20-,22-,23+,24-,25-,26-,27-,28+,29+,30-,31-,32+,33-,34+,35+,36+,37+,38+,39+,40-,41+,42-,43-,44+/m0/s1. The van der Waals surface area contributed by atoms with Gasteiger partial charge in [-0.15, -0.1) is 0 Å². The molecule has 4 aliphatic carbocycles. The van der Waals surface area contributed by atoms with Crippen LogP contribution >= 0.6 is 0 Å². The molecule has 24 atom stereocenters. The maximum absolute atomic E-state index is 12.0. The predicted molar refractivity (Wildman–Crippen MR) is 213 cm³/mol. The number of rotatable bonds is 12. The van der Waals surface area contributed by atoms with Gasteiger partial charge in [-0.05, 0) is 85.9 Å². The Morgan fingerprint density at radius 2 is 1.50 bits per heavy atom. The Labute approximate surface area is 362 Å². The number of fused-ring (bicyclic) bond motifs is 7. The predicted octanol–water partition coefficient (Wildman–Crippen LogP) is -1.30. The highest BCUT2D eigenvalue weighted by atomic mass is 16.7. The normalized spacial score (nSPS) is 53.9. The summed E-state index contributed by atoms with van der Waals surface area (Å²) in [5, 5.41) is 115. The quantitative estimate of drug-likeness (QED) is 0.102. The molecular weight excluding hydrogens is 816 g/mol. The van der Waals surface area contributed by atoms with Crippen LogP contribution in [0.3, 0.4) is 0 Å². The summed E-state index contributed by atoms with van der Waals surface area (Å²) in [5.74, 6) is 0.00443. The molecule has 0 amide bonds. The van der Waals surface area contributed by atoms with Crippen LogP contribution in [0.25, 0.3) is 0 Å². The average Bonchev–Trinajstić information content (AvgIpc) is 3.69. The smallest absolute Gasteiger partial charge is 0.187 e. The minimum atomic E-state index is -1.63. The van der Waals surface area contributed by atoms with E-state index in [-0.39, 0.29) is 48.1 Å². The first-order valence-corrected chi connectivity index (χ1v) is 22.6. The molecule has 62 heavy (non-hydrogen) atoms. The second-order valence-corrected chi connectivity index (χ2v) is 20.2. The second kappa shape index (κ2) is 18.1. The summed E-state index contributed by atoms with van der Waals surface area (Å²) < 4.78 is 41.1. The molecule has 8 aliphatic rings. The highest BCUT2D eigenvalue weighted by Crippen LogP contribution is 2.70. The van der Waals surface area contributed by atoms with Crippen LogP contribution in [-0.2, 0) is 33.2 Å². The third-order valence-corrected chi connectivity index (χ3v) is 16.8. The van der Waals surface area contributed by atoms with Crippen LogP contribution in [0.5, 0.6) is 0 Å². The Hall–Kier alpha value is -1.24. The third-order valence-electron chi connectivity index (χ3n) is 16.8. The molecule has 4 aliphatic heterocycles. The zero-order valence-electron chi connectivity index (χ0n) is 35.9. The number of aliphatic hydroxyl groups excluding tert-OH is 10. The van der Waals surface area contributed by atoms with Gasteiger partial charge in [-0.2, -0.15) is 0 Å². The molecule has 0 aromatic rings. The van der Waals surface area contributed by atoms with Crippen molar-refractivity contribution in [2.45, 2.75) is 183 Å². The van der Waals surface area contributed by atoms with Gasteiger partial charge >= 0.3 is 0 Å². The van der Waals surface area contributed by atoms with Gasteiger partial charge in [0, 0.05) is 12.3 Å². The lowest BCUT2D eigenvalue weighted by Crippen LogP contribution is -2.63. The van der Waals surface area contributed by atoms with Crippen molar-refractivity contribution in [2.24, 2.45) is 40.4 Å². The van der Waals surface area contributed by atoms with E-state index in [1.165, 1.54) is 5.57 Å². The molecule has 4 saturated heterocycles. The first-order chi connectivity index (χ1) is 29.3. The maximum Gasteiger partial charge on any atom is 0.187 e. The van der Waals surface area contributed by atoms with Crippen LogP contribution < -0.4 is 0 Å². The lowest BCUT2D eigenvalue weighted by molar-refractivity contribution is -0.353. The van der Waals surface area contributed by atoms with Crippen molar-refractivity contribution in [2.75, 3.05) is 26.4 Å². The fourth-order valence-corrected chi connectivity index (χ4v) is 13.1. The van der Waals surface area contributed by atoms with Gasteiger partial charge in [-0.3, -0.25) is 0 Å². The number of hydrogen-bond donors (Lipinski definition) is 11. The Balaban J connectivity index is 0.852. The number of allylic oxidation sites excluding steroid dienone is 1. The van der Waals surface area contributed by atoms with E-state index in [0.717, 1.165) is 32.1 Å². The molecule has 18 nitrogen and oxygen atoms in total. The highest BCUT2D eigenvalue weighted by Gasteiger charge is 2.68. The maximum atomic E-state index is 12.0. The zero-order chi connectivity index (χ0) is 44.6. The van der Waals surface area contributed by atoms with E-state index < -0.39 is 105 Å². The van der Waals surface area contributed by atoms with Gasteiger partial charge in [-0.25, -0.2) is 0 Å². The second-order valence-electron chi connectivity index (χ2n) is 20.2. The van der Waals surface area contributed by atoms with Crippen molar-refractivity contribution < 1.29 is 89.3 Å². The van der Waals surface area contributed by atoms with E-state index in [4.69, 9.17) is 33.2 Å². The van der Waals surface area contributed by atoms with Gasteiger partial charge in [0.25, 0.3) is 0 Å². The Morgan fingerprint density at radius 1 is 0.806 bits per heavy atom. The highest BCUT2D eigenvalue weighted by molar-refractivity contribution is 5.26. The summed E-state index contributed by atoms with van der Waals surface area (Å²) in [6.45, 7) is 9.46. The molecule has 18 heteroatoms. The monoisotopic (exact) mass is 886 g/mol. The summed E-state index contributed by atoms with van der Waals surface area (Å²) in [6, 6.07) is 0. The van der Waals surface area contributed by atoms with Gasteiger partial charge in [0.15, 0.2) is 24.7 Å². The van der Waals surface area contributed by atoms with Crippen LogP contribution in [0.1, 0.15) is 78.6 Å². The molecule has 8 rings (SSSR count). The molecule has 3 saturated carbocycles. The van der Waals surface area contributed by atoms with Crippen LogP contribution in [0.2, 0.25) is 0 Å². The van der Waals surface area contributed by atoms with E-state index in [0.29, 0.717) is 49.0 Å². The van der Waals surface area contributed by atoms with E-state index >= 15 is 0 Å². The Bertz CT molecular complexity index is 1610. The van der Waals surface area contributed by atoms with E-state index in [2.05, 4.69) is 33.4 Å². The van der Waals surface area contributed by atoms with Gasteiger partial charge in [0.05, 0.1) is 38.6 Å². The largest absolute Gasteiger partial charge is 0.394 e. The summed E-state index contributed by atoms with van der Waals surface area (Å²) >= 11 is 0. The van der Waals surface area contributed by atoms with Gasteiger partial charge in [0.1, 0.15) is 67.1 Å². The van der Waals surface area contributed by atoms with Gasteiger partial charge in [0.2, 0.25) is 0 Å². The van der Waals surface area contributed by atoms with E-state index in [1.807, 2.05) is 0 Å². The first-order valence-electron chi connectivity index (χ1n) is 22.6. The van der Waals surface area contributed by atoms with Gasteiger partial charge in [-0.1, -0.05) is 44.6 Å². The average molecular weight is 887 g/mol. The van der Waals surface area contributed by atoms with Crippen molar-refractivity contribution in [1.82, 2.24) is 0 Å². The molecule has 11 N–H and O–H groups in total. The summed E-state index contributed by atoms with van der Waals surface area (Å²) in [4.78, 5) is 0. The molecular formula is C44H70O18. The van der Waals surface area contributed by atoms with Crippen molar-refractivity contribution in [3.05, 3.63) is 23.8 Å². The fraction of sp³-hybridized carbons (Fsp3) is 0.909. The van der Waals surface area contributed by atoms with Crippen LogP contribution in [0.4, 0.5) is 0 Å². The molecule has 0 bridgehead atoms. The van der Waals surface area contributed by atoms with Crippen molar-refractivity contribution >= 4 is 0 Å². The topological polar surface area (TPSA) is 287 Å². The molecule has 354 valence electrons. The SMILES string of the molecule is C=C(CC[C@@]1(O)O[C@H]2C[C@H]3[C@@H]4CC=C5C[C@@H](O[C@@H]6O[C@H](CO)[C@@H](O[C@@H]7OC[C@H](O)[C@H](O)[C@H]7O)[C@H](O)[C@H]6O)CC[C@]5(C)[C@H]4CC[C@]3(C)[C@H]2[C@@H]1C)CO[C@@H]1O[C@H](CO)[C@@H](O)[C@H](O)[C@H]1O. The fourth-order valence-electron chi connectivity index (χ4n) is 13.1. The minimum absolute atomic E-state index is 0.0208. The lowest BCUT2D eigenvalue weighted by Gasteiger charge is -2.58. The molecule has 0 unspecified atom stereocenters. The van der Waals surface area contributed by atoms with Crippen LogP contribution in [-0.4, -0.2) is 187 Å². The first kappa shape index (κ1) is 47.3. The minimum Gasteiger partial charge on any atom is -0.394 e. The zero-order valence-corrected chi connectivity index (χ0v) is 35.9. The van der Waals surface area contributed by atoms with E-state index in [1.54, 1.807) is 0 Å². The summed E-state index contributed by atoms with van der Waals surface area (Å²) in [5.41, 5.74) is 1.88. The third kappa shape index (κ3) is 8.19. The lowest BCUT2D eigenvalue weighted by atomic mass is 9.47. The summed E-state index contributed by atoms with van der Waals surface area (Å²) in [7, 11) is 0. The molecule has 0 aromatic heterocycles. The number of ether oxygens (including phenoxy) is 7. The Morgan fingerprint density at radius 3 is 2.23 bits per heavy atom. The molecule has 4 heterocycles. The Kier molecular flexibility index (Phi) is 13.8. The van der Waals surface area contributed by atoms with E-state index in [9.17, 15) is 56.2 Å². The number of hydrogen-bond acceptors (Lipinski definition) is 18. The molecule has 0 radical (unpaired) electrons. The van der Waals surface area contributed by atoms with Crippen molar-refractivity contribution in [3.8, 4) is 0 Å². The van der Waals surface area contributed by atoms with Crippen molar-refractivity contribution in [3.63, 3.8) is 0 Å². The molecule has 0 spiro atoms.